The van der Waals surface area contributed by atoms with E-state index < -0.39 is 0 Å². The first-order valence-corrected chi connectivity index (χ1v) is 7.02. The smallest absolute Gasteiger partial charge is 0.123 e. The molecule has 0 radical (unpaired) electrons. The van der Waals surface area contributed by atoms with E-state index in [1.807, 2.05) is 6.07 Å². The SMILES string of the molecule is Fc1cccc(CN2CCN(C3CCC3)CC2)c1. The second-order valence-electron chi connectivity index (χ2n) is 5.53. The summed E-state index contributed by atoms with van der Waals surface area (Å²) in [5, 5.41) is 0. The second-order valence-corrected chi connectivity index (χ2v) is 5.53. The van der Waals surface area contributed by atoms with Crippen LogP contribution in [0, 0.1) is 5.82 Å². The number of halogens is 1. The largest absolute Gasteiger partial charge is 0.298 e. The lowest BCUT2D eigenvalue weighted by Crippen LogP contribution is -2.51. The van der Waals surface area contributed by atoms with E-state index in [4.69, 9.17) is 0 Å². The van der Waals surface area contributed by atoms with Gasteiger partial charge in [0.1, 0.15) is 5.82 Å². The zero-order chi connectivity index (χ0) is 12.4. The zero-order valence-electron chi connectivity index (χ0n) is 10.8. The summed E-state index contributed by atoms with van der Waals surface area (Å²) in [5.41, 5.74) is 1.09. The predicted octanol–water partition coefficient (Wildman–Crippen LogP) is 2.50. The third-order valence-electron chi connectivity index (χ3n) is 4.29. The van der Waals surface area contributed by atoms with Gasteiger partial charge < -0.3 is 0 Å². The molecule has 0 bridgehead atoms. The van der Waals surface area contributed by atoms with E-state index in [2.05, 4.69) is 9.80 Å². The number of nitrogens with zero attached hydrogens (tertiary/aromatic N) is 2. The Balaban J connectivity index is 1.50. The molecule has 0 atom stereocenters. The standard InChI is InChI=1S/C15H21FN2/c16-14-4-1-3-13(11-14)12-17-7-9-18(10-8-17)15-5-2-6-15/h1,3-4,11,15H,2,5-10,12H2. The number of hydrogen-bond acceptors (Lipinski definition) is 2. The highest BCUT2D eigenvalue weighted by Gasteiger charge is 2.27. The van der Waals surface area contributed by atoms with Crippen LogP contribution in [0.1, 0.15) is 24.8 Å². The topological polar surface area (TPSA) is 6.48 Å². The normalized spacial score (nSPS) is 22.9. The molecule has 0 amide bonds. The third-order valence-corrected chi connectivity index (χ3v) is 4.29. The molecule has 18 heavy (non-hydrogen) atoms. The van der Waals surface area contributed by atoms with Crippen LogP contribution in [0.3, 0.4) is 0 Å². The first kappa shape index (κ1) is 12.1. The maximum absolute atomic E-state index is 13.1. The lowest BCUT2D eigenvalue weighted by molar-refractivity contribution is 0.0587. The summed E-state index contributed by atoms with van der Waals surface area (Å²) in [6.45, 7) is 5.48. The molecule has 1 saturated heterocycles. The molecule has 98 valence electrons. The molecule has 3 rings (SSSR count). The van der Waals surface area contributed by atoms with E-state index >= 15 is 0 Å². The minimum atomic E-state index is -0.124. The average Bonchev–Trinajstić information content (AvgIpc) is 2.29. The van der Waals surface area contributed by atoms with Crippen LogP contribution in [0.15, 0.2) is 24.3 Å². The first-order chi connectivity index (χ1) is 8.81. The van der Waals surface area contributed by atoms with Crippen LogP contribution in [-0.2, 0) is 6.54 Å². The van der Waals surface area contributed by atoms with Gasteiger partial charge >= 0.3 is 0 Å². The molecular formula is C15H21FN2. The molecule has 0 unspecified atom stereocenters. The molecule has 1 heterocycles. The van der Waals surface area contributed by atoms with Gasteiger partial charge in [0.2, 0.25) is 0 Å². The van der Waals surface area contributed by atoms with E-state index in [1.165, 1.54) is 38.4 Å². The summed E-state index contributed by atoms with van der Waals surface area (Å²) in [6.07, 6.45) is 4.20. The van der Waals surface area contributed by atoms with Crippen LogP contribution >= 0.6 is 0 Å². The molecule has 1 saturated carbocycles. The van der Waals surface area contributed by atoms with Gasteiger partial charge in [0.25, 0.3) is 0 Å². The molecule has 2 aliphatic rings. The van der Waals surface area contributed by atoms with Crippen molar-refractivity contribution in [3.63, 3.8) is 0 Å². The summed E-state index contributed by atoms with van der Waals surface area (Å²) >= 11 is 0. The predicted molar refractivity (Wildman–Crippen MR) is 70.9 cm³/mol. The van der Waals surface area contributed by atoms with Crippen molar-refractivity contribution in [3.8, 4) is 0 Å². The maximum atomic E-state index is 13.1. The van der Waals surface area contributed by atoms with Crippen molar-refractivity contribution in [2.45, 2.75) is 31.8 Å². The fraction of sp³-hybridized carbons (Fsp3) is 0.600. The molecule has 1 aromatic carbocycles. The van der Waals surface area contributed by atoms with Crippen molar-refractivity contribution >= 4 is 0 Å². The second kappa shape index (κ2) is 5.37. The average molecular weight is 248 g/mol. The Morgan fingerprint density at radius 2 is 1.89 bits per heavy atom. The number of piperazine rings is 1. The minimum Gasteiger partial charge on any atom is -0.298 e. The van der Waals surface area contributed by atoms with Crippen molar-refractivity contribution in [2.24, 2.45) is 0 Å². The molecule has 3 heteroatoms. The Morgan fingerprint density at radius 3 is 2.50 bits per heavy atom. The van der Waals surface area contributed by atoms with Crippen LogP contribution in [-0.4, -0.2) is 42.0 Å². The van der Waals surface area contributed by atoms with E-state index in [9.17, 15) is 4.39 Å². The minimum absolute atomic E-state index is 0.124. The Kier molecular flexibility index (Phi) is 3.62. The van der Waals surface area contributed by atoms with Crippen molar-refractivity contribution in [1.82, 2.24) is 9.80 Å². The van der Waals surface area contributed by atoms with Gasteiger partial charge in [-0.3, -0.25) is 9.80 Å². The summed E-state index contributed by atoms with van der Waals surface area (Å²) in [7, 11) is 0. The molecule has 1 aliphatic carbocycles. The van der Waals surface area contributed by atoms with Crippen molar-refractivity contribution in [1.29, 1.82) is 0 Å². The van der Waals surface area contributed by atoms with E-state index in [-0.39, 0.29) is 5.82 Å². The monoisotopic (exact) mass is 248 g/mol. The molecule has 2 fully saturated rings. The van der Waals surface area contributed by atoms with Crippen LogP contribution < -0.4 is 0 Å². The number of benzene rings is 1. The van der Waals surface area contributed by atoms with E-state index in [0.717, 1.165) is 31.2 Å². The molecule has 0 N–H and O–H groups in total. The van der Waals surface area contributed by atoms with Gasteiger partial charge in [0, 0.05) is 38.8 Å². The van der Waals surface area contributed by atoms with Crippen molar-refractivity contribution < 1.29 is 4.39 Å². The molecule has 1 aromatic rings. The Hall–Kier alpha value is -0.930. The Labute approximate surface area is 108 Å². The third kappa shape index (κ3) is 2.73. The van der Waals surface area contributed by atoms with Gasteiger partial charge in [-0.2, -0.15) is 0 Å². The lowest BCUT2D eigenvalue weighted by Gasteiger charge is -2.43. The molecular weight excluding hydrogens is 227 g/mol. The fourth-order valence-electron chi connectivity index (χ4n) is 2.93. The summed E-state index contributed by atoms with van der Waals surface area (Å²) in [6, 6.07) is 7.84. The summed E-state index contributed by atoms with van der Waals surface area (Å²) in [4.78, 5) is 5.06. The highest BCUT2D eigenvalue weighted by Crippen LogP contribution is 2.25. The van der Waals surface area contributed by atoms with Crippen LogP contribution in [0.25, 0.3) is 0 Å². The number of rotatable bonds is 3. The van der Waals surface area contributed by atoms with Crippen LogP contribution in [0.5, 0.6) is 0 Å². The summed E-state index contributed by atoms with van der Waals surface area (Å²) in [5.74, 6) is -0.124. The maximum Gasteiger partial charge on any atom is 0.123 e. The first-order valence-electron chi connectivity index (χ1n) is 7.02. The molecule has 0 aromatic heterocycles. The quantitative estimate of drug-likeness (QED) is 0.811. The molecule has 1 aliphatic heterocycles. The van der Waals surface area contributed by atoms with Gasteiger partial charge in [-0.1, -0.05) is 18.6 Å². The van der Waals surface area contributed by atoms with Gasteiger partial charge in [0.15, 0.2) is 0 Å². The Morgan fingerprint density at radius 1 is 1.11 bits per heavy atom. The number of hydrogen-bond donors (Lipinski definition) is 0. The molecule has 0 spiro atoms. The van der Waals surface area contributed by atoms with E-state index in [1.54, 1.807) is 12.1 Å². The Bertz CT molecular complexity index is 395. The van der Waals surface area contributed by atoms with Crippen molar-refractivity contribution in [3.05, 3.63) is 35.6 Å². The van der Waals surface area contributed by atoms with Crippen molar-refractivity contribution in [2.75, 3.05) is 26.2 Å². The zero-order valence-corrected chi connectivity index (χ0v) is 10.8. The van der Waals surface area contributed by atoms with Gasteiger partial charge in [0.05, 0.1) is 0 Å². The summed E-state index contributed by atoms with van der Waals surface area (Å²) < 4.78 is 13.1. The van der Waals surface area contributed by atoms with E-state index in [0.29, 0.717) is 0 Å². The lowest BCUT2D eigenvalue weighted by atomic mass is 9.91. The highest BCUT2D eigenvalue weighted by atomic mass is 19.1. The van der Waals surface area contributed by atoms with Gasteiger partial charge in [-0.25, -0.2) is 4.39 Å². The fourth-order valence-corrected chi connectivity index (χ4v) is 2.93. The highest BCUT2D eigenvalue weighted by molar-refractivity contribution is 5.16. The molecule has 2 nitrogen and oxygen atoms in total. The van der Waals surface area contributed by atoms with Crippen LogP contribution in [0.4, 0.5) is 4.39 Å². The van der Waals surface area contributed by atoms with Crippen LogP contribution in [0.2, 0.25) is 0 Å². The van der Waals surface area contributed by atoms with Gasteiger partial charge in [-0.05, 0) is 30.5 Å². The van der Waals surface area contributed by atoms with Gasteiger partial charge in [-0.15, -0.1) is 0 Å².